The predicted molar refractivity (Wildman–Crippen MR) is 129 cm³/mol. The number of esters is 1. The fraction of sp³-hybridized carbons (Fsp3) is 0.208. The van der Waals surface area contributed by atoms with Gasteiger partial charge in [-0.3, -0.25) is 4.79 Å². The maximum Gasteiger partial charge on any atom is 0.348 e. The molecule has 10 heteroatoms. The molecule has 0 saturated carbocycles. The zero-order valence-corrected chi connectivity index (χ0v) is 20.5. The second kappa shape index (κ2) is 10.6. The lowest BCUT2D eigenvalue weighted by Gasteiger charge is -2.20. The first kappa shape index (κ1) is 25.1. The molecule has 0 saturated heterocycles. The molecule has 3 rings (SSSR count). The van der Waals surface area contributed by atoms with E-state index in [1.807, 2.05) is 36.4 Å². The van der Waals surface area contributed by atoms with Crippen LogP contribution in [0.2, 0.25) is 0 Å². The number of sulfonamides is 1. The largest absolute Gasteiger partial charge is 0.465 e. The minimum atomic E-state index is -3.77. The fourth-order valence-electron chi connectivity index (χ4n) is 3.28. The highest BCUT2D eigenvalue weighted by Crippen LogP contribution is 2.33. The van der Waals surface area contributed by atoms with Gasteiger partial charge in [-0.15, -0.1) is 11.3 Å². The van der Waals surface area contributed by atoms with E-state index in [9.17, 15) is 23.3 Å². The summed E-state index contributed by atoms with van der Waals surface area (Å²) in [5.41, 5.74) is 1.68. The first-order chi connectivity index (χ1) is 16.2. The molecule has 3 aromatic rings. The summed E-state index contributed by atoms with van der Waals surface area (Å²) >= 11 is 0.950. The normalized spacial score (nSPS) is 11.1. The first-order valence-corrected chi connectivity index (χ1v) is 12.6. The molecule has 1 aromatic heterocycles. The van der Waals surface area contributed by atoms with E-state index in [1.165, 1.54) is 35.7 Å². The number of nitriles is 1. The molecule has 8 nitrogen and oxygen atoms in total. The van der Waals surface area contributed by atoms with Crippen molar-refractivity contribution < 1.29 is 22.7 Å². The average Bonchev–Trinajstić information content (AvgIpc) is 3.17. The Hall–Kier alpha value is -3.52. The molecule has 1 heterocycles. The second-order valence-electron chi connectivity index (χ2n) is 7.26. The van der Waals surface area contributed by atoms with Crippen molar-refractivity contribution in [3.05, 3.63) is 81.7 Å². The van der Waals surface area contributed by atoms with Crippen LogP contribution in [0.3, 0.4) is 0 Å². The number of nitrogens with one attached hydrogen (secondary N) is 1. The van der Waals surface area contributed by atoms with Crippen LogP contribution in [0.5, 0.6) is 0 Å². The van der Waals surface area contributed by atoms with Crippen LogP contribution in [-0.2, 0) is 21.3 Å². The molecule has 0 unspecified atom stereocenters. The van der Waals surface area contributed by atoms with Crippen LogP contribution in [0.1, 0.15) is 43.6 Å². The topological polar surface area (TPSA) is 117 Å². The number of benzene rings is 2. The van der Waals surface area contributed by atoms with Crippen LogP contribution in [0, 0.1) is 18.3 Å². The van der Waals surface area contributed by atoms with E-state index in [-0.39, 0.29) is 39.0 Å². The number of hydrogen-bond donors (Lipinski definition) is 1. The number of nitrogens with zero attached hydrogens (tertiary/aromatic N) is 2. The molecule has 1 N–H and O–H groups in total. The monoisotopic (exact) mass is 497 g/mol. The summed E-state index contributed by atoms with van der Waals surface area (Å²) in [5.74, 6) is -1.13. The van der Waals surface area contributed by atoms with E-state index in [4.69, 9.17) is 4.74 Å². The summed E-state index contributed by atoms with van der Waals surface area (Å²) in [6.07, 6.45) is 0. The van der Waals surface area contributed by atoms with Crippen molar-refractivity contribution in [2.75, 3.05) is 19.0 Å². The van der Waals surface area contributed by atoms with Crippen molar-refractivity contribution in [3.8, 4) is 6.07 Å². The highest BCUT2D eigenvalue weighted by atomic mass is 32.2. The lowest BCUT2D eigenvalue weighted by atomic mass is 10.1. The van der Waals surface area contributed by atoms with Crippen LogP contribution >= 0.6 is 11.3 Å². The van der Waals surface area contributed by atoms with Gasteiger partial charge in [-0.25, -0.2) is 13.2 Å². The maximum absolute atomic E-state index is 13.1. The molecule has 0 aliphatic rings. The number of hydrogen-bond acceptors (Lipinski definition) is 7. The number of amides is 1. The van der Waals surface area contributed by atoms with E-state index in [0.717, 1.165) is 16.9 Å². The number of thiophene rings is 1. The Balaban J connectivity index is 1.81. The second-order valence-corrected chi connectivity index (χ2v) is 10.2. The van der Waals surface area contributed by atoms with Gasteiger partial charge in [0.2, 0.25) is 10.0 Å². The predicted octanol–water partition coefficient (Wildman–Crippen LogP) is 4.18. The first-order valence-electron chi connectivity index (χ1n) is 10.3. The zero-order valence-electron chi connectivity index (χ0n) is 18.9. The Kier molecular flexibility index (Phi) is 7.83. The number of ether oxygens (including phenoxy) is 1. The molecular formula is C24H23N3O5S2. The molecule has 0 aliphatic carbocycles. The van der Waals surface area contributed by atoms with Gasteiger partial charge >= 0.3 is 5.97 Å². The standard InChI is InChI=1S/C24H23N3O5S2/c1-4-27(15-17-8-6-5-7-9-17)34(30,31)19-12-10-18(11-13-19)22(28)26-23-20(14-25)16(2)21(33-23)24(29)32-3/h5-13H,4,15H2,1-3H3,(H,26,28). The van der Waals surface area contributed by atoms with E-state index in [2.05, 4.69) is 5.32 Å². The van der Waals surface area contributed by atoms with Crippen molar-refractivity contribution in [2.45, 2.75) is 25.3 Å². The number of rotatable bonds is 8. The molecule has 0 bridgehead atoms. The van der Waals surface area contributed by atoms with Crippen molar-refractivity contribution in [1.82, 2.24) is 4.31 Å². The summed E-state index contributed by atoms with van der Waals surface area (Å²) in [5, 5.41) is 12.3. The van der Waals surface area contributed by atoms with Gasteiger partial charge in [-0.1, -0.05) is 37.3 Å². The van der Waals surface area contributed by atoms with Gasteiger partial charge in [0.25, 0.3) is 5.91 Å². The summed E-state index contributed by atoms with van der Waals surface area (Å²) in [6, 6.07) is 16.9. The van der Waals surface area contributed by atoms with E-state index in [0.29, 0.717) is 5.56 Å². The summed E-state index contributed by atoms with van der Waals surface area (Å²) in [4.78, 5) is 24.9. The third-order valence-electron chi connectivity index (χ3n) is 5.17. The fourth-order valence-corrected chi connectivity index (χ4v) is 5.79. The minimum Gasteiger partial charge on any atom is -0.465 e. The van der Waals surface area contributed by atoms with E-state index >= 15 is 0 Å². The molecule has 2 aromatic carbocycles. The van der Waals surface area contributed by atoms with Crippen LogP contribution in [0.4, 0.5) is 5.00 Å². The summed E-state index contributed by atoms with van der Waals surface area (Å²) < 4.78 is 32.3. The molecule has 1 amide bonds. The van der Waals surface area contributed by atoms with Crippen LogP contribution < -0.4 is 5.32 Å². The van der Waals surface area contributed by atoms with Crippen LogP contribution in [-0.4, -0.2) is 38.3 Å². The van der Waals surface area contributed by atoms with E-state index in [1.54, 1.807) is 13.8 Å². The summed E-state index contributed by atoms with van der Waals surface area (Å²) in [6.45, 7) is 3.89. The number of methoxy groups -OCH3 is 1. The Morgan fingerprint density at radius 1 is 1.12 bits per heavy atom. The highest BCUT2D eigenvalue weighted by molar-refractivity contribution is 7.89. The van der Waals surface area contributed by atoms with Crippen molar-refractivity contribution in [1.29, 1.82) is 5.26 Å². The van der Waals surface area contributed by atoms with Gasteiger partial charge in [-0.05, 0) is 42.3 Å². The number of carbonyl (C=O) groups excluding carboxylic acids is 2. The molecule has 0 fully saturated rings. The van der Waals surface area contributed by atoms with Gasteiger partial charge in [0, 0.05) is 18.7 Å². The Bertz CT molecular complexity index is 1340. The summed E-state index contributed by atoms with van der Waals surface area (Å²) in [7, 11) is -2.53. The third-order valence-corrected chi connectivity index (χ3v) is 8.29. The molecule has 0 spiro atoms. The van der Waals surface area contributed by atoms with Crippen molar-refractivity contribution >= 4 is 38.2 Å². The number of anilines is 1. The maximum atomic E-state index is 13.1. The van der Waals surface area contributed by atoms with Gasteiger partial charge in [0.1, 0.15) is 15.9 Å². The van der Waals surface area contributed by atoms with Crippen molar-refractivity contribution in [2.24, 2.45) is 0 Å². The lowest BCUT2D eigenvalue weighted by molar-refractivity contribution is 0.0605. The van der Waals surface area contributed by atoms with Crippen LogP contribution in [0.15, 0.2) is 59.5 Å². The van der Waals surface area contributed by atoms with Crippen LogP contribution in [0.25, 0.3) is 0 Å². The Morgan fingerprint density at radius 3 is 2.32 bits per heavy atom. The van der Waals surface area contributed by atoms with Gasteiger partial charge in [-0.2, -0.15) is 9.57 Å². The molecular weight excluding hydrogens is 474 g/mol. The smallest absolute Gasteiger partial charge is 0.348 e. The zero-order chi connectivity index (χ0) is 24.9. The number of carbonyl (C=O) groups is 2. The molecule has 34 heavy (non-hydrogen) atoms. The molecule has 176 valence electrons. The average molecular weight is 498 g/mol. The third kappa shape index (κ3) is 5.17. The highest BCUT2D eigenvalue weighted by Gasteiger charge is 2.25. The Labute approximate surface area is 202 Å². The van der Waals surface area contributed by atoms with Gasteiger partial charge < -0.3 is 10.1 Å². The van der Waals surface area contributed by atoms with Gasteiger partial charge in [0.15, 0.2) is 0 Å². The molecule has 0 aliphatic heterocycles. The Morgan fingerprint density at radius 2 is 1.76 bits per heavy atom. The SMILES string of the molecule is CCN(Cc1ccccc1)S(=O)(=O)c1ccc(C(=O)Nc2sc(C(=O)OC)c(C)c2C#N)cc1. The minimum absolute atomic E-state index is 0.0690. The quantitative estimate of drug-likeness (QED) is 0.467. The molecule has 0 atom stereocenters. The van der Waals surface area contributed by atoms with Gasteiger partial charge in [0.05, 0.1) is 17.6 Å². The van der Waals surface area contributed by atoms with E-state index < -0.39 is 21.9 Å². The lowest BCUT2D eigenvalue weighted by Crippen LogP contribution is -2.30. The molecule has 0 radical (unpaired) electrons. The van der Waals surface area contributed by atoms with Crippen molar-refractivity contribution in [3.63, 3.8) is 0 Å².